The van der Waals surface area contributed by atoms with Gasteiger partial charge in [-0.1, -0.05) is 46.3 Å². The molecular weight excluding hydrogens is 452 g/mol. The van der Waals surface area contributed by atoms with Crippen LogP contribution in [0.5, 0.6) is 0 Å². The summed E-state index contributed by atoms with van der Waals surface area (Å²) in [6.45, 7) is 2.05. The Hall–Kier alpha value is -2.84. The highest BCUT2D eigenvalue weighted by molar-refractivity contribution is 9.10. The number of rotatable bonds is 4. The number of anilines is 1. The molecule has 0 unspecified atom stereocenters. The van der Waals surface area contributed by atoms with Gasteiger partial charge in [-0.25, -0.2) is 9.67 Å². The molecule has 1 N–H and O–H groups in total. The number of halogens is 1. The maximum Gasteiger partial charge on any atom is 0.278 e. The first-order valence-electron chi connectivity index (χ1n) is 8.89. The van der Waals surface area contributed by atoms with E-state index in [1.165, 1.54) is 34.2 Å². The topological polar surface area (TPSA) is 76.9 Å². The summed E-state index contributed by atoms with van der Waals surface area (Å²) in [4.78, 5) is 30.4. The Labute approximate surface area is 179 Å². The summed E-state index contributed by atoms with van der Waals surface area (Å²) in [6.07, 6.45) is 2.51. The second kappa shape index (κ2) is 7.88. The van der Waals surface area contributed by atoms with Crippen molar-refractivity contribution in [3.63, 3.8) is 0 Å². The number of hydrogen-bond donors (Lipinski definition) is 1. The Morgan fingerprint density at radius 2 is 1.97 bits per heavy atom. The molecule has 2 aromatic heterocycles. The number of aryl methyl sites for hydroxylation is 2. The Kier molecular flexibility index (Phi) is 5.29. The number of nitrogens with one attached hydrogen (secondary N) is 1. The molecule has 0 radical (unpaired) electrons. The first kappa shape index (κ1) is 19.5. The van der Waals surface area contributed by atoms with E-state index in [1.54, 1.807) is 30.5 Å². The summed E-state index contributed by atoms with van der Waals surface area (Å²) < 4.78 is 2.26. The van der Waals surface area contributed by atoms with Crippen molar-refractivity contribution in [2.75, 3.05) is 5.32 Å². The van der Waals surface area contributed by atoms with E-state index in [0.29, 0.717) is 15.9 Å². The average Bonchev–Trinajstić information content (AvgIpc) is 3.14. The smallest absolute Gasteiger partial charge is 0.278 e. The van der Waals surface area contributed by atoms with Crippen molar-refractivity contribution in [2.45, 2.75) is 13.3 Å². The van der Waals surface area contributed by atoms with Gasteiger partial charge in [0.1, 0.15) is 0 Å². The highest BCUT2D eigenvalue weighted by Gasteiger charge is 2.17. The largest absolute Gasteiger partial charge is 0.296 e. The van der Waals surface area contributed by atoms with Gasteiger partial charge in [0.2, 0.25) is 0 Å². The van der Waals surface area contributed by atoms with Crippen molar-refractivity contribution in [3.05, 3.63) is 85.2 Å². The van der Waals surface area contributed by atoms with Crippen molar-refractivity contribution in [1.82, 2.24) is 14.8 Å². The van der Waals surface area contributed by atoms with E-state index >= 15 is 0 Å². The molecule has 0 aliphatic heterocycles. The molecule has 4 aromatic rings. The van der Waals surface area contributed by atoms with Crippen molar-refractivity contribution in [2.24, 2.45) is 7.05 Å². The number of hydrogen-bond acceptors (Lipinski definition) is 5. The highest BCUT2D eigenvalue weighted by Crippen LogP contribution is 2.24. The van der Waals surface area contributed by atoms with E-state index < -0.39 is 5.91 Å². The molecule has 6 nitrogen and oxygen atoms in total. The summed E-state index contributed by atoms with van der Waals surface area (Å²) in [6, 6.07) is 13.2. The molecule has 0 saturated heterocycles. The van der Waals surface area contributed by atoms with Crippen molar-refractivity contribution < 1.29 is 4.79 Å². The van der Waals surface area contributed by atoms with Crippen molar-refractivity contribution in [3.8, 4) is 0 Å². The summed E-state index contributed by atoms with van der Waals surface area (Å²) in [7, 11) is 1.53. The summed E-state index contributed by atoms with van der Waals surface area (Å²) in [5, 5.41) is 8.44. The molecule has 1 amide bonds. The number of benzene rings is 2. The van der Waals surface area contributed by atoms with Gasteiger partial charge in [0, 0.05) is 34.4 Å². The van der Waals surface area contributed by atoms with Crippen molar-refractivity contribution in [1.29, 1.82) is 0 Å². The lowest BCUT2D eigenvalue weighted by Gasteiger charge is -2.07. The van der Waals surface area contributed by atoms with Gasteiger partial charge in [-0.3, -0.25) is 14.9 Å². The Balaban J connectivity index is 1.57. The minimum Gasteiger partial charge on any atom is -0.296 e. The maximum absolute atomic E-state index is 12.8. The van der Waals surface area contributed by atoms with Crippen LogP contribution in [0.3, 0.4) is 0 Å². The van der Waals surface area contributed by atoms with Crippen LogP contribution in [0.1, 0.15) is 26.5 Å². The summed E-state index contributed by atoms with van der Waals surface area (Å²) in [5.74, 6) is -0.391. The van der Waals surface area contributed by atoms with Crippen LogP contribution >= 0.6 is 27.3 Å². The van der Waals surface area contributed by atoms with Crippen LogP contribution in [-0.4, -0.2) is 20.7 Å². The third-order valence-corrected chi connectivity index (χ3v) is 6.35. The van der Waals surface area contributed by atoms with Crippen LogP contribution in [0.2, 0.25) is 0 Å². The summed E-state index contributed by atoms with van der Waals surface area (Å²) >= 11 is 4.93. The Bertz CT molecular complexity index is 1300. The molecule has 2 heterocycles. The highest BCUT2D eigenvalue weighted by atomic mass is 79.9. The van der Waals surface area contributed by atoms with E-state index in [-0.39, 0.29) is 11.3 Å². The van der Waals surface area contributed by atoms with E-state index in [0.717, 1.165) is 15.8 Å². The van der Waals surface area contributed by atoms with E-state index in [1.807, 2.05) is 6.07 Å². The molecule has 0 fully saturated rings. The molecule has 0 bridgehead atoms. The normalized spacial score (nSPS) is 11.0. The van der Waals surface area contributed by atoms with Gasteiger partial charge in [-0.15, -0.1) is 11.3 Å². The second-order valence-electron chi connectivity index (χ2n) is 6.67. The van der Waals surface area contributed by atoms with E-state index in [9.17, 15) is 9.59 Å². The number of thiazole rings is 1. The zero-order chi connectivity index (χ0) is 20.5. The first-order chi connectivity index (χ1) is 13.9. The van der Waals surface area contributed by atoms with Crippen LogP contribution in [0.15, 0.2) is 57.9 Å². The standard InChI is InChI=1S/C21H17BrN4O2S/c1-12-9-13(7-8-17(12)22)10-14-11-23-21(29-14)24-19(27)18-15-5-3-4-6-16(15)20(28)26(2)25-18/h3-9,11H,10H2,1-2H3,(H,23,24,27). The van der Waals surface area contributed by atoms with Crippen LogP contribution in [0, 0.1) is 6.92 Å². The zero-order valence-electron chi connectivity index (χ0n) is 15.8. The minimum absolute atomic E-state index is 0.197. The molecule has 29 heavy (non-hydrogen) atoms. The third kappa shape index (κ3) is 3.99. The molecule has 0 aliphatic carbocycles. The van der Waals surface area contributed by atoms with E-state index in [2.05, 4.69) is 50.4 Å². The van der Waals surface area contributed by atoms with Crippen LogP contribution in [0.4, 0.5) is 5.13 Å². The molecular formula is C21H17BrN4O2S. The molecule has 146 valence electrons. The fraction of sp³-hybridized carbons (Fsp3) is 0.143. The SMILES string of the molecule is Cc1cc(Cc2cnc(NC(=O)c3nn(C)c(=O)c4ccccc34)s2)ccc1Br. The molecule has 8 heteroatoms. The lowest BCUT2D eigenvalue weighted by Crippen LogP contribution is -2.25. The second-order valence-corrected chi connectivity index (χ2v) is 8.64. The lowest BCUT2D eigenvalue weighted by atomic mass is 10.1. The van der Waals surface area contributed by atoms with Gasteiger partial charge in [-0.05, 0) is 30.2 Å². The quantitative estimate of drug-likeness (QED) is 0.484. The fourth-order valence-electron chi connectivity index (χ4n) is 3.09. The van der Waals surface area contributed by atoms with Gasteiger partial charge < -0.3 is 0 Å². The van der Waals surface area contributed by atoms with Crippen LogP contribution in [0.25, 0.3) is 10.8 Å². The molecule has 0 saturated carbocycles. The van der Waals surface area contributed by atoms with Gasteiger partial charge in [0.05, 0.1) is 5.39 Å². The Morgan fingerprint density at radius 1 is 1.21 bits per heavy atom. The molecule has 0 spiro atoms. The minimum atomic E-state index is -0.391. The zero-order valence-corrected chi connectivity index (χ0v) is 18.2. The van der Waals surface area contributed by atoms with Crippen LogP contribution in [-0.2, 0) is 13.5 Å². The number of carbonyl (C=O) groups excluding carboxylic acids is 1. The number of aromatic nitrogens is 3. The monoisotopic (exact) mass is 468 g/mol. The first-order valence-corrected chi connectivity index (χ1v) is 10.5. The fourth-order valence-corrected chi connectivity index (χ4v) is 4.18. The van der Waals surface area contributed by atoms with Crippen molar-refractivity contribution >= 4 is 49.1 Å². The number of carbonyl (C=O) groups is 1. The number of fused-ring (bicyclic) bond motifs is 1. The van der Waals surface area contributed by atoms with E-state index in [4.69, 9.17) is 0 Å². The van der Waals surface area contributed by atoms with Gasteiger partial charge in [0.15, 0.2) is 10.8 Å². The summed E-state index contributed by atoms with van der Waals surface area (Å²) in [5.41, 5.74) is 2.31. The lowest BCUT2D eigenvalue weighted by molar-refractivity contribution is 0.102. The molecule has 4 rings (SSSR count). The predicted molar refractivity (Wildman–Crippen MR) is 119 cm³/mol. The van der Waals surface area contributed by atoms with Gasteiger partial charge >= 0.3 is 0 Å². The Morgan fingerprint density at radius 3 is 2.72 bits per heavy atom. The average molecular weight is 469 g/mol. The van der Waals surface area contributed by atoms with Gasteiger partial charge in [0.25, 0.3) is 11.5 Å². The maximum atomic E-state index is 12.8. The molecule has 0 atom stereocenters. The molecule has 0 aliphatic rings. The van der Waals surface area contributed by atoms with Gasteiger partial charge in [-0.2, -0.15) is 5.10 Å². The number of nitrogens with zero attached hydrogens (tertiary/aromatic N) is 3. The van der Waals surface area contributed by atoms with Crippen LogP contribution < -0.4 is 10.9 Å². The number of amides is 1. The third-order valence-electron chi connectivity index (χ3n) is 4.55. The molecule has 2 aromatic carbocycles. The predicted octanol–water partition coefficient (Wildman–Crippen LogP) is 4.30.